The van der Waals surface area contributed by atoms with Gasteiger partial charge in [-0.2, -0.15) is 0 Å². The molecule has 7 N–H and O–H groups in total. The Kier molecular flexibility index (Phi) is 3.98. The zero-order valence-electron chi connectivity index (χ0n) is 9.46. The number of carboxylic acid groups (broad SMARTS) is 1. The summed E-state index contributed by atoms with van der Waals surface area (Å²) in [5, 5.41) is 65.2. The summed E-state index contributed by atoms with van der Waals surface area (Å²) in [5.41, 5.74) is 0. The van der Waals surface area contributed by atoms with Crippen LogP contribution in [-0.2, 0) is 9.53 Å². The van der Waals surface area contributed by atoms with Crippen molar-refractivity contribution in [2.45, 2.75) is 36.8 Å². The van der Waals surface area contributed by atoms with Crippen LogP contribution in [0.2, 0.25) is 0 Å². The van der Waals surface area contributed by atoms with Crippen LogP contribution in [-0.4, -0.2) is 78.2 Å². The van der Waals surface area contributed by atoms with Gasteiger partial charge in [0.1, 0.15) is 18.3 Å². The SMILES string of the molecule is CC(C(=O)O)C1O[C@H](CO)[C@@H](O)C(O)(O)C1(O)O. The predicted molar refractivity (Wildman–Crippen MR) is 52.9 cm³/mol. The number of carboxylic acids is 1. The van der Waals surface area contributed by atoms with Gasteiger partial charge < -0.3 is 40.5 Å². The molecule has 1 aliphatic heterocycles. The van der Waals surface area contributed by atoms with Crippen molar-refractivity contribution in [1.29, 1.82) is 0 Å². The first kappa shape index (κ1) is 15.2. The van der Waals surface area contributed by atoms with Gasteiger partial charge in [0.2, 0.25) is 5.79 Å². The van der Waals surface area contributed by atoms with Crippen LogP contribution < -0.4 is 0 Å². The van der Waals surface area contributed by atoms with Crippen LogP contribution in [0.4, 0.5) is 0 Å². The molecule has 0 bridgehead atoms. The molecule has 0 radical (unpaired) electrons. The van der Waals surface area contributed by atoms with Crippen molar-refractivity contribution in [3.8, 4) is 0 Å². The Bertz CT molecular complexity index is 326. The topological polar surface area (TPSA) is 168 Å². The van der Waals surface area contributed by atoms with Gasteiger partial charge in [0.25, 0.3) is 5.79 Å². The van der Waals surface area contributed by atoms with Crippen molar-refractivity contribution in [2.24, 2.45) is 5.92 Å². The first-order chi connectivity index (χ1) is 8.07. The maximum atomic E-state index is 10.8. The highest BCUT2D eigenvalue weighted by Gasteiger charge is 2.65. The van der Waals surface area contributed by atoms with Crippen LogP contribution in [0.5, 0.6) is 0 Å². The van der Waals surface area contributed by atoms with Gasteiger partial charge in [0.15, 0.2) is 0 Å². The Morgan fingerprint density at radius 1 is 1.28 bits per heavy atom. The second-order valence-electron chi connectivity index (χ2n) is 4.30. The number of carbonyl (C=O) groups is 1. The Balaban J connectivity index is 3.15. The Labute approximate surface area is 101 Å². The van der Waals surface area contributed by atoms with Crippen LogP contribution in [0.3, 0.4) is 0 Å². The third-order valence-corrected chi connectivity index (χ3v) is 3.05. The number of aliphatic hydroxyl groups excluding tert-OH is 2. The molecule has 2 unspecified atom stereocenters. The number of aliphatic carboxylic acids is 1. The Hall–Kier alpha value is -0.810. The summed E-state index contributed by atoms with van der Waals surface area (Å²) in [4.78, 5) is 10.8. The van der Waals surface area contributed by atoms with E-state index in [4.69, 9.17) is 14.9 Å². The number of hydrogen-bond donors (Lipinski definition) is 7. The molecule has 0 aromatic rings. The molecule has 0 amide bonds. The monoisotopic (exact) mass is 268 g/mol. The second kappa shape index (κ2) is 4.70. The molecule has 0 saturated carbocycles. The average molecular weight is 268 g/mol. The lowest BCUT2D eigenvalue weighted by Gasteiger charge is -2.50. The van der Waals surface area contributed by atoms with Crippen molar-refractivity contribution < 1.29 is 45.3 Å². The maximum Gasteiger partial charge on any atom is 0.309 e. The van der Waals surface area contributed by atoms with Gasteiger partial charge in [-0.3, -0.25) is 4.79 Å². The number of rotatable bonds is 3. The van der Waals surface area contributed by atoms with Crippen LogP contribution in [0.25, 0.3) is 0 Å². The summed E-state index contributed by atoms with van der Waals surface area (Å²) < 4.78 is 4.82. The van der Waals surface area contributed by atoms with Gasteiger partial charge in [0.05, 0.1) is 12.5 Å². The average Bonchev–Trinajstić information content (AvgIpc) is 2.26. The van der Waals surface area contributed by atoms with E-state index in [-0.39, 0.29) is 0 Å². The molecule has 9 nitrogen and oxygen atoms in total. The van der Waals surface area contributed by atoms with Crippen molar-refractivity contribution in [1.82, 2.24) is 0 Å². The predicted octanol–water partition coefficient (Wildman–Crippen LogP) is -3.81. The highest BCUT2D eigenvalue weighted by Crippen LogP contribution is 2.37. The molecule has 4 atom stereocenters. The van der Waals surface area contributed by atoms with E-state index in [0.29, 0.717) is 0 Å². The minimum absolute atomic E-state index is 0.858. The lowest BCUT2D eigenvalue weighted by atomic mass is 9.83. The molecule has 0 aromatic heterocycles. The first-order valence-electron chi connectivity index (χ1n) is 5.14. The minimum Gasteiger partial charge on any atom is -0.481 e. The van der Waals surface area contributed by atoms with E-state index in [1.165, 1.54) is 0 Å². The number of ether oxygens (including phenoxy) is 1. The lowest BCUT2D eigenvalue weighted by Crippen LogP contribution is -2.76. The number of hydrogen-bond acceptors (Lipinski definition) is 8. The third-order valence-electron chi connectivity index (χ3n) is 3.05. The highest BCUT2D eigenvalue weighted by atomic mass is 16.7. The fraction of sp³-hybridized carbons (Fsp3) is 0.889. The second-order valence-corrected chi connectivity index (χ2v) is 4.30. The molecule has 1 rings (SSSR count). The molecule has 18 heavy (non-hydrogen) atoms. The zero-order valence-corrected chi connectivity index (χ0v) is 9.46. The molecule has 9 heteroatoms. The van der Waals surface area contributed by atoms with Crippen LogP contribution in [0, 0.1) is 5.92 Å². The fourth-order valence-electron chi connectivity index (χ4n) is 1.78. The van der Waals surface area contributed by atoms with Gasteiger partial charge in [-0.25, -0.2) is 0 Å². The van der Waals surface area contributed by atoms with Gasteiger partial charge in [-0.05, 0) is 6.92 Å². The number of aliphatic hydroxyl groups is 6. The first-order valence-corrected chi connectivity index (χ1v) is 5.14. The van der Waals surface area contributed by atoms with E-state index in [2.05, 4.69) is 0 Å². The molecule has 0 aromatic carbocycles. The summed E-state index contributed by atoms with van der Waals surface area (Å²) in [7, 11) is 0. The van der Waals surface area contributed by atoms with E-state index < -0.39 is 48.4 Å². The maximum absolute atomic E-state index is 10.8. The van der Waals surface area contributed by atoms with E-state index in [1.54, 1.807) is 0 Å². The largest absolute Gasteiger partial charge is 0.481 e. The third kappa shape index (κ3) is 2.10. The van der Waals surface area contributed by atoms with Crippen LogP contribution >= 0.6 is 0 Å². The van der Waals surface area contributed by atoms with E-state index in [1.807, 2.05) is 0 Å². The van der Waals surface area contributed by atoms with Crippen molar-refractivity contribution in [3.05, 3.63) is 0 Å². The molecule has 1 heterocycles. The fourth-order valence-corrected chi connectivity index (χ4v) is 1.78. The molecule has 0 spiro atoms. The van der Waals surface area contributed by atoms with Gasteiger partial charge in [-0.1, -0.05) is 0 Å². The summed E-state index contributed by atoms with van der Waals surface area (Å²) in [6, 6.07) is 0. The summed E-state index contributed by atoms with van der Waals surface area (Å²) in [5.74, 6) is -9.83. The minimum atomic E-state index is -3.44. The zero-order chi connectivity index (χ0) is 14.3. The quantitative estimate of drug-likeness (QED) is 0.254. The van der Waals surface area contributed by atoms with E-state index >= 15 is 0 Å². The lowest BCUT2D eigenvalue weighted by molar-refractivity contribution is -0.454. The normalized spacial score (nSPS) is 36.1. The van der Waals surface area contributed by atoms with Crippen molar-refractivity contribution in [2.75, 3.05) is 6.61 Å². The van der Waals surface area contributed by atoms with E-state index in [0.717, 1.165) is 6.92 Å². The van der Waals surface area contributed by atoms with Crippen LogP contribution in [0.1, 0.15) is 6.92 Å². The van der Waals surface area contributed by atoms with Gasteiger partial charge >= 0.3 is 5.97 Å². The highest BCUT2D eigenvalue weighted by molar-refractivity contribution is 5.70. The van der Waals surface area contributed by atoms with Gasteiger partial charge in [0, 0.05) is 0 Å². The summed E-state index contributed by atoms with van der Waals surface area (Å²) in [6.07, 6.45) is -5.71. The standard InChI is InChI=1S/C9H16O9/c1-3(7(12)13)6-9(16,17)8(14,15)5(11)4(2-10)18-6/h3-6,10-11,14-17H,2H2,1H3,(H,12,13)/t3?,4-,5-,6?/m1/s1. The molecular formula is C9H16O9. The smallest absolute Gasteiger partial charge is 0.309 e. The molecule has 0 aliphatic carbocycles. The molecular weight excluding hydrogens is 252 g/mol. The van der Waals surface area contributed by atoms with Crippen molar-refractivity contribution in [3.63, 3.8) is 0 Å². The molecule has 1 fully saturated rings. The Morgan fingerprint density at radius 3 is 2.17 bits per heavy atom. The van der Waals surface area contributed by atoms with Gasteiger partial charge in [-0.15, -0.1) is 0 Å². The molecule has 1 aliphatic rings. The summed E-state index contributed by atoms with van der Waals surface area (Å²) in [6.45, 7) is 0.194. The summed E-state index contributed by atoms with van der Waals surface area (Å²) >= 11 is 0. The van der Waals surface area contributed by atoms with Crippen LogP contribution in [0.15, 0.2) is 0 Å². The molecule has 1 saturated heterocycles. The Morgan fingerprint density at radius 2 is 1.78 bits per heavy atom. The van der Waals surface area contributed by atoms with E-state index in [9.17, 15) is 30.3 Å². The molecule has 106 valence electrons. The van der Waals surface area contributed by atoms with Crippen molar-refractivity contribution >= 4 is 5.97 Å².